The summed E-state index contributed by atoms with van der Waals surface area (Å²) in [7, 11) is 3.88. The topological polar surface area (TPSA) is 53.6 Å². The van der Waals surface area contributed by atoms with Crippen LogP contribution in [0.25, 0.3) is 0 Å². The van der Waals surface area contributed by atoms with Gasteiger partial charge in [0.2, 0.25) is 5.91 Å². The van der Waals surface area contributed by atoms with Crippen LogP contribution in [-0.4, -0.2) is 50.7 Å². The second-order valence-electron chi connectivity index (χ2n) is 6.92. The molecular weight excluding hydrogens is 314 g/mol. The fourth-order valence-electron chi connectivity index (χ4n) is 3.44. The number of nitrogens with one attached hydrogen (secondary N) is 2. The number of benzene rings is 1. The van der Waals surface area contributed by atoms with Crippen LogP contribution in [0.1, 0.15) is 43.2 Å². The number of amides is 1. The number of methoxy groups -OCH3 is 1. The highest BCUT2D eigenvalue weighted by atomic mass is 16.5. The van der Waals surface area contributed by atoms with Gasteiger partial charge in [0.1, 0.15) is 0 Å². The van der Waals surface area contributed by atoms with Crippen molar-refractivity contribution >= 4 is 5.91 Å². The molecule has 25 heavy (non-hydrogen) atoms. The van der Waals surface area contributed by atoms with Crippen LogP contribution >= 0.6 is 0 Å². The second kappa shape index (κ2) is 11.2. The molecule has 2 rings (SSSR count). The van der Waals surface area contributed by atoms with E-state index in [9.17, 15) is 4.79 Å². The van der Waals surface area contributed by atoms with Crippen LogP contribution in [0, 0.1) is 0 Å². The van der Waals surface area contributed by atoms with Gasteiger partial charge in [-0.2, -0.15) is 0 Å². The lowest BCUT2D eigenvalue weighted by molar-refractivity contribution is -0.120. The Morgan fingerprint density at radius 1 is 1.20 bits per heavy atom. The van der Waals surface area contributed by atoms with Crippen molar-refractivity contribution in [3.8, 4) is 0 Å². The van der Waals surface area contributed by atoms with E-state index in [1.807, 2.05) is 6.07 Å². The first-order valence-corrected chi connectivity index (χ1v) is 9.44. The molecule has 0 radical (unpaired) electrons. The van der Waals surface area contributed by atoms with Gasteiger partial charge in [0.25, 0.3) is 0 Å². The average molecular weight is 348 g/mol. The normalized spacial score (nSPS) is 15.5. The zero-order valence-electron chi connectivity index (χ0n) is 15.7. The van der Waals surface area contributed by atoms with Crippen molar-refractivity contribution in [1.82, 2.24) is 15.5 Å². The lowest BCUT2D eigenvalue weighted by atomic mass is 9.94. The van der Waals surface area contributed by atoms with E-state index in [0.717, 1.165) is 6.54 Å². The van der Waals surface area contributed by atoms with Crippen LogP contribution in [0.3, 0.4) is 0 Å². The molecule has 1 aromatic carbocycles. The van der Waals surface area contributed by atoms with Gasteiger partial charge in [-0.25, -0.2) is 0 Å². The van der Waals surface area contributed by atoms with Gasteiger partial charge in [-0.05, 0) is 31.0 Å². The fraction of sp³-hybridized carbons (Fsp3) is 0.650. The minimum absolute atomic E-state index is 0.0199. The lowest BCUT2D eigenvalue weighted by Gasteiger charge is -2.31. The van der Waals surface area contributed by atoms with Crippen LogP contribution in [-0.2, 0) is 22.6 Å². The van der Waals surface area contributed by atoms with Crippen molar-refractivity contribution in [2.24, 2.45) is 0 Å². The summed E-state index contributed by atoms with van der Waals surface area (Å²) in [5, 5.41) is 6.08. The number of rotatable bonds is 10. The highest BCUT2D eigenvalue weighted by Gasteiger charge is 2.18. The minimum atomic E-state index is 0.0199. The van der Waals surface area contributed by atoms with Crippen molar-refractivity contribution in [2.45, 2.75) is 51.2 Å². The molecule has 0 bridgehead atoms. The Hall–Kier alpha value is -1.43. The monoisotopic (exact) mass is 347 g/mol. The van der Waals surface area contributed by atoms with Gasteiger partial charge in [-0.15, -0.1) is 0 Å². The van der Waals surface area contributed by atoms with Gasteiger partial charge in [-0.3, -0.25) is 9.69 Å². The van der Waals surface area contributed by atoms with E-state index in [1.165, 1.54) is 43.2 Å². The van der Waals surface area contributed by atoms with Gasteiger partial charge in [-0.1, -0.05) is 43.5 Å². The number of carbonyl (C=O) groups excluding carboxylic acids is 1. The van der Waals surface area contributed by atoms with E-state index in [-0.39, 0.29) is 5.91 Å². The molecule has 0 aliphatic heterocycles. The molecule has 5 nitrogen and oxygen atoms in total. The van der Waals surface area contributed by atoms with Crippen LogP contribution in [0.2, 0.25) is 0 Å². The molecule has 140 valence electrons. The number of ether oxygens (including phenoxy) is 1. The van der Waals surface area contributed by atoms with E-state index in [4.69, 9.17) is 4.74 Å². The molecular formula is C20H33N3O2. The Morgan fingerprint density at radius 2 is 1.92 bits per heavy atom. The Labute approximate surface area is 152 Å². The standard InChI is InChI=1S/C20H33N3O2/c1-23(19-10-4-3-5-11-19)16-18-9-7-6-8-17(18)14-22-20(24)15-21-12-13-25-2/h6-9,19,21H,3-5,10-16H2,1-2H3,(H,22,24). The Morgan fingerprint density at radius 3 is 2.64 bits per heavy atom. The van der Waals surface area contributed by atoms with Crippen molar-refractivity contribution in [2.75, 3.05) is 33.9 Å². The van der Waals surface area contributed by atoms with E-state index in [0.29, 0.717) is 32.3 Å². The Kier molecular flexibility index (Phi) is 8.94. The molecule has 0 aromatic heterocycles. The molecule has 2 N–H and O–H groups in total. The van der Waals surface area contributed by atoms with E-state index < -0.39 is 0 Å². The summed E-state index contributed by atoms with van der Waals surface area (Å²) >= 11 is 0. The summed E-state index contributed by atoms with van der Waals surface area (Å²) in [4.78, 5) is 14.4. The number of nitrogens with zero attached hydrogens (tertiary/aromatic N) is 1. The molecule has 1 aromatic rings. The quantitative estimate of drug-likeness (QED) is 0.638. The molecule has 5 heteroatoms. The van der Waals surface area contributed by atoms with E-state index >= 15 is 0 Å². The van der Waals surface area contributed by atoms with E-state index in [2.05, 4.69) is 40.8 Å². The highest BCUT2D eigenvalue weighted by Crippen LogP contribution is 2.23. The fourth-order valence-corrected chi connectivity index (χ4v) is 3.44. The van der Waals surface area contributed by atoms with Gasteiger partial charge in [0.05, 0.1) is 13.2 Å². The van der Waals surface area contributed by atoms with Crippen LogP contribution < -0.4 is 10.6 Å². The molecule has 0 heterocycles. The smallest absolute Gasteiger partial charge is 0.234 e. The molecule has 1 saturated carbocycles. The first-order chi connectivity index (χ1) is 12.2. The van der Waals surface area contributed by atoms with Crippen molar-refractivity contribution in [1.29, 1.82) is 0 Å². The predicted octanol–water partition coefficient (Wildman–Crippen LogP) is 2.30. The van der Waals surface area contributed by atoms with Gasteiger partial charge in [0.15, 0.2) is 0 Å². The minimum Gasteiger partial charge on any atom is -0.383 e. The van der Waals surface area contributed by atoms with Gasteiger partial charge in [0, 0.05) is 32.8 Å². The third kappa shape index (κ3) is 7.14. The summed E-state index contributed by atoms with van der Waals surface area (Å²) in [6.45, 7) is 3.16. The summed E-state index contributed by atoms with van der Waals surface area (Å²) in [6, 6.07) is 9.12. The van der Waals surface area contributed by atoms with Crippen LogP contribution in [0.4, 0.5) is 0 Å². The Bertz CT molecular complexity index is 515. The van der Waals surface area contributed by atoms with Crippen LogP contribution in [0.5, 0.6) is 0 Å². The molecule has 0 saturated heterocycles. The first kappa shape index (κ1) is 19.9. The zero-order valence-corrected chi connectivity index (χ0v) is 15.7. The molecule has 0 atom stereocenters. The molecule has 1 aliphatic carbocycles. The van der Waals surface area contributed by atoms with Crippen molar-refractivity contribution < 1.29 is 9.53 Å². The summed E-state index contributed by atoms with van der Waals surface area (Å²) < 4.78 is 4.96. The highest BCUT2D eigenvalue weighted by molar-refractivity contribution is 5.78. The molecule has 0 unspecified atom stereocenters. The maximum atomic E-state index is 11.9. The van der Waals surface area contributed by atoms with Crippen molar-refractivity contribution in [3.05, 3.63) is 35.4 Å². The molecule has 0 spiro atoms. The maximum Gasteiger partial charge on any atom is 0.234 e. The Balaban J connectivity index is 1.81. The summed E-state index contributed by atoms with van der Waals surface area (Å²) in [5.74, 6) is 0.0199. The molecule has 1 amide bonds. The maximum absolute atomic E-state index is 11.9. The third-order valence-corrected chi connectivity index (χ3v) is 4.98. The average Bonchev–Trinajstić information content (AvgIpc) is 2.65. The number of carbonyl (C=O) groups is 1. The van der Waals surface area contributed by atoms with Gasteiger partial charge >= 0.3 is 0 Å². The first-order valence-electron chi connectivity index (χ1n) is 9.44. The molecule has 1 fully saturated rings. The predicted molar refractivity (Wildman–Crippen MR) is 101 cm³/mol. The second-order valence-corrected chi connectivity index (χ2v) is 6.92. The van der Waals surface area contributed by atoms with Crippen molar-refractivity contribution in [3.63, 3.8) is 0 Å². The van der Waals surface area contributed by atoms with E-state index in [1.54, 1.807) is 7.11 Å². The van der Waals surface area contributed by atoms with Crippen LogP contribution in [0.15, 0.2) is 24.3 Å². The number of hydrogen-bond acceptors (Lipinski definition) is 4. The van der Waals surface area contributed by atoms with Gasteiger partial charge < -0.3 is 15.4 Å². The lowest BCUT2D eigenvalue weighted by Crippen LogP contribution is -2.35. The number of hydrogen-bond donors (Lipinski definition) is 2. The third-order valence-electron chi connectivity index (χ3n) is 4.98. The summed E-state index contributed by atoms with van der Waals surface area (Å²) in [5.41, 5.74) is 2.51. The zero-order chi connectivity index (χ0) is 17.9. The SMILES string of the molecule is COCCNCC(=O)NCc1ccccc1CN(C)C1CCCCC1. The molecule has 1 aliphatic rings. The largest absolute Gasteiger partial charge is 0.383 e. The summed E-state index contributed by atoms with van der Waals surface area (Å²) in [6.07, 6.45) is 6.70.